The molecule has 1 aromatic carbocycles. The summed E-state index contributed by atoms with van der Waals surface area (Å²) in [5, 5.41) is 3.07. The van der Waals surface area contributed by atoms with E-state index >= 15 is 0 Å². The second kappa shape index (κ2) is 11.0. The average Bonchev–Trinajstić information content (AvgIpc) is 2.60. The maximum Gasteiger partial charge on any atom is 0.224 e. The summed E-state index contributed by atoms with van der Waals surface area (Å²) in [6.45, 7) is 10.1. The van der Waals surface area contributed by atoms with E-state index in [4.69, 9.17) is 10.5 Å². The highest BCUT2D eigenvalue weighted by atomic mass is 35.5. The molecule has 0 aromatic heterocycles. The number of nitrogens with zero attached hydrogens (tertiary/aromatic N) is 1. The quantitative estimate of drug-likeness (QED) is 0.780. The number of benzene rings is 1. The first-order valence-electron chi connectivity index (χ1n) is 8.33. The van der Waals surface area contributed by atoms with Gasteiger partial charge in [-0.1, -0.05) is 37.3 Å². The van der Waals surface area contributed by atoms with Crippen molar-refractivity contribution in [2.75, 3.05) is 32.8 Å². The van der Waals surface area contributed by atoms with Gasteiger partial charge in [0.1, 0.15) is 0 Å². The summed E-state index contributed by atoms with van der Waals surface area (Å²) in [5.74, 6) is -0.263. The molecule has 3 N–H and O–H groups in total. The second-order valence-corrected chi connectivity index (χ2v) is 6.85. The number of nitrogens with one attached hydrogen (secondary N) is 1. The van der Waals surface area contributed by atoms with E-state index in [1.54, 1.807) is 0 Å². The fraction of sp³-hybridized carbons (Fsp3) is 0.611. The van der Waals surface area contributed by atoms with E-state index in [1.807, 2.05) is 37.3 Å². The predicted octanol–water partition coefficient (Wildman–Crippen LogP) is 2.39. The van der Waals surface area contributed by atoms with Crippen molar-refractivity contribution in [3.05, 3.63) is 35.9 Å². The van der Waals surface area contributed by atoms with Crippen LogP contribution >= 0.6 is 24.8 Å². The zero-order valence-corrected chi connectivity index (χ0v) is 16.9. The molecular weight excluding hydrogens is 361 g/mol. The van der Waals surface area contributed by atoms with Crippen LogP contribution in [0.4, 0.5) is 0 Å². The van der Waals surface area contributed by atoms with E-state index in [9.17, 15) is 4.79 Å². The first-order chi connectivity index (χ1) is 10.9. The third-order valence-electron chi connectivity index (χ3n) is 4.70. The lowest BCUT2D eigenvalue weighted by molar-refractivity contribution is -0.126. The molecule has 25 heavy (non-hydrogen) atoms. The molecule has 0 saturated carbocycles. The van der Waals surface area contributed by atoms with E-state index in [2.05, 4.69) is 24.1 Å². The van der Waals surface area contributed by atoms with Gasteiger partial charge in [0.05, 0.1) is 19.1 Å². The SMILES string of the molecule is CC(C(=O)NCC(C)(C)N1CCOCC1)C(N)c1ccccc1.Cl.Cl. The molecule has 2 rings (SSSR count). The molecule has 2 atom stereocenters. The summed E-state index contributed by atoms with van der Waals surface area (Å²) < 4.78 is 5.39. The number of carbonyl (C=O) groups is 1. The summed E-state index contributed by atoms with van der Waals surface area (Å²) in [4.78, 5) is 14.8. The van der Waals surface area contributed by atoms with Gasteiger partial charge in [0.2, 0.25) is 5.91 Å². The Morgan fingerprint density at radius 1 is 1.24 bits per heavy atom. The van der Waals surface area contributed by atoms with Gasteiger partial charge >= 0.3 is 0 Å². The molecule has 2 unspecified atom stereocenters. The van der Waals surface area contributed by atoms with Gasteiger partial charge in [-0.2, -0.15) is 0 Å². The number of nitrogens with two attached hydrogens (primary N) is 1. The van der Waals surface area contributed by atoms with E-state index < -0.39 is 0 Å². The fourth-order valence-corrected chi connectivity index (χ4v) is 2.87. The average molecular weight is 392 g/mol. The molecule has 1 aromatic rings. The topological polar surface area (TPSA) is 67.6 Å². The minimum atomic E-state index is -0.289. The van der Waals surface area contributed by atoms with Crippen molar-refractivity contribution >= 4 is 30.7 Å². The van der Waals surface area contributed by atoms with Crippen LogP contribution in [0.2, 0.25) is 0 Å². The molecule has 5 nitrogen and oxygen atoms in total. The van der Waals surface area contributed by atoms with Crippen LogP contribution in [-0.2, 0) is 9.53 Å². The van der Waals surface area contributed by atoms with Crippen LogP contribution in [0.5, 0.6) is 0 Å². The van der Waals surface area contributed by atoms with Crippen LogP contribution in [0.15, 0.2) is 30.3 Å². The van der Waals surface area contributed by atoms with E-state index in [1.165, 1.54) is 0 Å². The zero-order chi connectivity index (χ0) is 16.9. The van der Waals surface area contributed by atoms with Crippen LogP contribution < -0.4 is 11.1 Å². The van der Waals surface area contributed by atoms with Crippen molar-refractivity contribution in [1.82, 2.24) is 10.2 Å². The Balaban J connectivity index is 0.00000288. The Morgan fingerprint density at radius 2 is 1.80 bits per heavy atom. The molecule has 1 aliphatic rings. The molecule has 1 fully saturated rings. The molecule has 0 bridgehead atoms. The molecule has 144 valence electrons. The Labute approximate surface area is 163 Å². The zero-order valence-electron chi connectivity index (χ0n) is 15.2. The highest BCUT2D eigenvalue weighted by Crippen LogP contribution is 2.20. The van der Waals surface area contributed by atoms with Gasteiger partial charge in [-0.3, -0.25) is 9.69 Å². The Kier molecular flexibility index (Phi) is 10.6. The van der Waals surface area contributed by atoms with Crippen LogP contribution in [-0.4, -0.2) is 49.2 Å². The molecule has 0 radical (unpaired) electrons. The number of morpholine rings is 1. The van der Waals surface area contributed by atoms with Crippen molar-refractivity contribution in [2.24, 2.45) is 11.7 Å². The van der Waals surface area contributed by atoms with Crippen molar-refractivity contribution < 1.29 is 9.53 Å². The number of amides is 1. The minimum Gasteiger partial charge on any atom is -0.379 e. The molecule has 1 heterocycles. The molecule has 1 saturated heterocycles. The summed E-state index contributed by atoms with van der Waals surface area (Å²) in [7, 11) is 0. The number of rotatable bonds is 6. The maximum atomic E-state index is 12.5. The Morgan fingerprint density at radius 3 is 2.36 bits per heavy atom. The van der Waals surface area contributed by atoms with E-state index in [0.717, 1.165) is 31.9 Å². The van der Waals surface area contributed by atoms with Gasteiger partial charge in [-0.25, -0.2) is 0 Å². The summed E-state index contributed by atoms with van der Waals surface area (Å²) in [6, 6.07) is 9.48. The van der Waals surface area contributed by atoms with Crippen LogP contribution in [0.25, 0.3) is 0 Å². The van der Waals surface area contributed by atoms with Gasteiger partial charge in [0, 0.05) is 31.2 Å². The van der Waals surface area contributed by atoms with Crippen LogP contribution in [0.3, 0.4) is 0 Å². The summed E-state index contributed by atoms with van der Waals surface area (Å²) in [6.07, 6.45) is 0. The van der Waals surface area contributed by atoms with Gasteiger partial charge in [-0.05, 0) is 19.4 Å². The molecule has 0 spiro atoms. The molecular formula is C18H31Cl2N3O2. The van der Waals surface area contributed by atoms with Gasteiger partial charge in [0.25, 0.3) is 0 Å². The standard InChI is InChI=1S/C18H29N3O2.2ClH/c1-14(16(19)15-7-5-4-6-8-15)17(22)20-13-18(2,3)21-9-11-23-12-10-21;;/h4-8,14,16H,9-13,19H2,1-3H3,(H,20,22);2*1H. The smallest absolute Gasteiger partial charge is 0.224 e. The lowest BCUT2D eigenvalue weighted by atomic mass is 9.94. The predicted molar refractivity (Wildman–Crippen MR) is 107 cm³/mol. The number of carbonyl (C=O) groups excluding carboxylic acids is 1. The lowest BCUT2D eigenvalue weighted by Gasteiger charge is -2.41. The molecule has 1 aliphatic heterocycles. The number of ether oxygens (including phenoxy) is 1. The number of hydrogen-bond acceptors (Lipinski definition) is 4. The lowest BCUT2D eigenvalue weighted by Crippen LogP contribution is -2.56. The van der Waals surface area contributed by atoms with Crippen LogP contribution in [0.1, 0.15) is 32.4 Å². The third kappa shape index (κ3) is 6.76. The second-order valence-electron chi connectivity index (χ2n) is 6.85. The number of hydrogen-bond donors (Lipinski definition) is 2. The maximum absolute atomic E-state index is 12.5. The normalized spacial score (nSPS) is 17.6. The summed E-state index contributed by atoms with van der Waals surface area (Å²) >= 11 is 0. The number of halogens is 2. The van der Waals surface area contributed by atoms with Crippen molar-refractivity contribution in [3.63, 3.8) is 0 Å². The van der Waals surface area contributed by atoms with Crippen molar-refractivity contribution in [3.8, 4) is 0 Å². The third-order valence-corrected chi connectivity index (χ3v) is 4.70. The highest BCUT2D eigenvalue weighted by Gasteiger charge is 2.30. The van der Waals surface area contributed by atoms with E-state index in [-0.39, 0.29) is 48.2 Å². The van der Waals surface area contributed by atoms with Gasteiger partial charge in [0.15, 0.2) is 0 Å². The van der Waals surface area contributed by atoms with Gasteiger partial charge < -0.3 is 15.8 Å². The minimum absolute atomic E-state index is 0. The fourth-order valence-electron chi connectivity index (χ4n) is 2.87. The molecule has 1 amide bonds. The van der Waals surface area contributed by atoms with Gasteiger partial charge in [-0.15, -0.1) is 24.8 Å². The Hall–Kier alpha value is -0.850. The first-order valence-corrected chi connectivity index (χ1v) is 8.33. The highest BCUT2D eigenvalue weighted by molar-refractivity contribution is 5.85. The van der Waals surface area contributed by atoms with Crippen molar-refractivity contribution in [2.45, 2.75) is 32.4 Å². The first kappa shape index (κ1) is 24.1. The Bertz CT molecular complexity index is 508. The molecule has 7 heteroatoms. The molecule has 0 aliphatic carbocycles. The van der Waals surface area contributed by atoms with Crippen LogP contribution in [0, 0.1) is 5.92 Å². The van der Waals surface area contributed by atoms with Crippen molar-refractivity contribution in [1.29, 1.82) is 0 Å². The summed E-state index contributed by atoms with van der Waals surface area (Å²) in [5.41, 5.74) is 7.13. The largest absolute Gasteiger partial charge is 0.379 e. The monoisotopic (exact) mass is 391 g/mol. The van der Waals surface area contributed by atoms with E-state index in [0.29, 0.717) is 6.54 Å².